The number of aliphatic hydroxyl groups excluding tert-OH is 1. The van der Waals surface area contributed by atoms with Crippen LogP contribution in [-0.4, -0.2) is 106 Å². The number of carbonyl (C=O) groups excluding carboxylic acids is 2. The SMILES string of the molecule is CNC(=O)NCCCC(C)(C)CN(C[C@@H](O)[C@H](Cc1ccccc1)N(C(=O)[O-])[C@H]1CO[C@H]2OCC[C@H]21)S(=O)(=O)c1ccc2c(c1)OCO2. The first-order valence-corrected chi connectivity index (χ1v) is 17.6. The van der Waals surface area contributed by atoms with Gasteiger partial charge in [0.25, 0.3) is 0 Å². The number of nitrogens with one attached hydrogen (secondary N) is 2. The summed E-state index contributed by atoms with van der Waals surface area (Å²) >= 11 is 0. The molecule has 0 spiro atoms. The summed E-state index contributed by atoms with van der Waals surface area (Å²) in [6.45, 7) is 4.25. The normalized spacial score (nSPS) is 21.5. The quantitative estimate of drug-likeness (QED) is 0.232. The maximum atomic E-state index is 14.4. The molecule has 14 nitrogen and oxygen atoms in total. The van der Waals surface area contributed by atoms with Gasteiger partial charge in [-0.2, -0.15) is 4.31 Å². The number of carboxylic acid groups (broad SMARTS) is 1. The minimum absolute atomic E-state index is 0.00470. The van der Waals surface area contributed by atoms with Crippen LogP contribution in [0.5, 0.6) is 11.5 Å². The standard InChI is InChI=1S/C33H46N4O10S/c1-33(2,13-7-14-35-31(39)34-3)20-36(48(42,43)23-10-11-28-29(17-23)47-21-46-28)18-27(38)25(16-22-8-5-4-6-9-22)37(32(40)41)26-19-45-30-24(26)12-15-44-30/h4-6,8-11,17,24-27,30,38H,7,12-16,18-21H2,1-3H3,(H,40,41)(H2,34,35,39)/p-1/t24-,25-,26-,27+,30+/m0/s1. The van der Waals surface area contributed by atoms with Crippen molar-refractivity contribution in [2.45, 2.75) is 68.9 Å². The summed E-state index contributed by atoms with van der Waals surface area (Å²) in [6.07, 6.45) is -1.68. The molecular weight excluding hydrogens is 644 g/mol. The number of amides is 3. The zero-order valence-electron chi connectivity index (χ0n) is 27.5. The van der Waals surface area contributed by atoms with Crippen molar-refractivity contribution in [3.63, 3.8) is 0 Å². The number of sulfonamides is 1. The van der Waals surface area contributed by atoms with Gasteiger partial charge in [0.15, 0.2) is 17.8 Å². The van der Waals surface area contributed by atoms with Crippen molar-refractivity contribution >= 4 is 22.1 Å². The van der Waals surface area contributed by atoms with Crippen molar-refractivity contribution in [2.75, 3.05) is 46.7 Å². The zero-order chi connectivity index (χ0) is 34.5. The van der Waals surface area contributed by atoms with Gasteiger partial charge < -0.3 is 49.5 Å². The van der Waals surface area contributed by atoms with Gasteiger partial charge in [0.1, 0.15) is 6.09 Å². The number of hydrogen-bond donors (Lipinski definition) is 3. The van der Waals surface area contributed by atoms with Crippen LogP contribution in [0, 0.1) is 11.3 Å². The molecule has 0 saturated carbocycles. The van der Waals surface area contributed by atoms with Crippen LogP contribution < -0.4 is 25.2 Å². The van der Waals surface area contributed by atoms with E-state index in [2.05, 4.69) is 10.6 Å². The molecule has 0 aliphatic carbocycles. The van der Waals surface area contributed by atoms with E-state index < -0.39 is 52.6 Å². The van der Waals surface area contributed by atoms with Crippen LogP contribution in [0.25, 0.3) is 0 Å². The Balaban J connectivity index is 1.45. The number of nitrogens with zero attached hydrogens (tertiary/aromatic N) is 2. The highest BCUT2D eigenvalue weighted by Gasteiger charge is 2.47. The van der Waals surface area contributed by atoms with Gasteiger partial charge in [-0.3, -0.25) is 0 Å². The number of ether oxygens (including phenoxy) is 4. The Kier molecular flexibility index (Phi) is 11.4. The predicted molar refractivity (Wildman–Crippen MR) is 172 cm³/mol. The fraction of sp³-hybridized carbons (Fsp3) is 0.576. The largest absolute Gasteiger partial charge is 0.530 e. The summed E-state index contributed by atoms with van der Waals surface area (Å²) < 4.78 is 52.2. The highest BCUT2D eigenvalue weighted by atomic mass is 32.2. The van der Waals surface area contributed by atoms with E-state index in [0.29, 0.717) is 38.2 Å². The van der Waals surface area contributed by atoms with Gasteiger partial charge in [-0.15, -0.1) is 0 Å². The van der Waals surface area contributed by atoms with Gasteiger partial charge in [-0.05, 0) is 48.8 Å². The number of benzene rings is 2. The van der Waals surface area contributed by atoms with Crippen LogP contribution in [0.15, 0.2) is 53.4 Å². The molecule has 48 heavy (non-hydrogen) atoms. The van der Waals surface area contributed by atoms with Gasteiger partial charge in [0.05, 0.1) is 36.3 Å². The smallest absolute Gasteiger partial charge is 0.314 e. The van der Waals surface area contributed by atoms with E-state index in [4.69, 9.17) is 18.9 Å². The third-order valence-corrected chi connectivity index (χ3v) is 11.0. The topological polar surface area (TPSA) is 179 Å². The van der Waals surface area contributed by atoms with Crippen LogP contribution in [0.3, 0.4) is 0 Å². The number of aliphatic hydroxyl groups is 1. The summed E-state index contributed by atoms with van der Waals surface area (Å²) in [6, 6.07) is 11.4. The molecule has 5 rings (SSSR count). The molecule has 3 aliphatic rings. The molecule has 5 atom stereocenters. The van der Waals surface area contributed by atoms with E-state index >= 15 is 0 Å². The van der Waals surface area contributed by atoms with Crippen molar-refractivity contribution in [1.82, 2.24) is 19.8 Å². The molecule has 0 aromatic heterocycles. The minimum atomic E-state index is -4.25. The lowest BCUT2D eigenvalue weighted by molar-refractivity contribution is -0.273. The lowest BCUT2D eigenvalue weighted by Gasteiger charge is -2.43. The first-order valence-electron chi connectivity index (χ1n) is 16.2. The number of urea groups is 1. The molecule has 3 heterocycles. The van der Waals surface area contributed by atoms with Gasteiger partial charge in [-0.25, -0.2) is 13.2 Å². The van der Waals surface area contributed by atoms with Crippen LogP contribution in [0.2, 0.25) is 0 Å². The highest BCUT2D eigenvalue weighted by Crippen LogP contribution is 2.38. The molecule has 15 heteroatoms. The molecule has 2 aromatic carbocycles. The van der Waals surface area contributed by atoms with E-state index in [-0.39, 0.29) is 49.0 Å². The molecule has 264 valence electrons. The van der Waals surface area contributed by atoms with Crippen molar-refractivity contribution in [1.29, 1.82) is 0 Å². The summed E-state index contributed by atoms with van der Waals surface area (Å²) in [7, 11) is -2.73. The summed E-state index contributed by atoms with van der Waals surface area (Å²) in [4.78, 5) is 25.6. The number of fused-ring (bicyclic) bond motifs is 2. The van der Waals surface area contributed by atoms with Gasteiger partial charge >= 0.3 is 6.03 Å². The number of hydrogen-bond acceptors (Lipinski definition) is 10. The van der Waals surface area contributed by atoms with Gasteiger partial charge in [0, 0.05) is 38.7 Å². The van der Waals surface area contributed by atoms with Crippen LogP contribution in [0.1, 0.15) is 38.7 Å². The van der Waals surface area contributed by atoms with Crippen molar-refractivity contribution in [3.8, 4) is 11.5 Å². The van der Waals surface area contributed by atoms with Crippen molar-refractivity contribution < 1.29 is 47.2 Å². The molecule has 2 aromatic rings. The Labute approximate surface area is 281 Å². The fourth-order valence-electron chi connectivity index (χ4n) is 6.70. The molecule has 3 aliphatic heterocycles. The monoisotopic (exact) mass is 689 g/mol. The number of rotatable bonds is 15. The van der Waals surface area contributed by atoms with E-state index in [1.165, 1.54) is 29.6 Å². The molecule has 0 radical (unpaired) electrons. The molecular formula is C33H45N4O10S-. The van der Waals surface area contributed by atoms with E-state index in [9.17, 15) is 28.2 Å². The van der Waals surface area contributed by atoms with Crippen molar-refractivity contribution in [3.05, 3.63) is 54.1 Å². The summed E-state index contributed by atoms with van der Waals surface area (Å²) in [5.41, 5.74) is 0.157. The molecule has 2 fully saturated rings. The molecule has 2 saturated heterocycles. The third kappa shape index (κ3) is 8.32. The lowest BCUT2D eigenvalue weighted by Crippen LogP contribution is -2.61. The van der Waals surface area contributed by atoms with Gasteiger partial charge in [0.2, 0.25) is 16.8 Å². The predicted octanol–water partition coefficient (Wildman–Crippen LogP) is 1.52. The minimum Gasteiger partial charge on any atom is -0.530 e. The summed E-state index contributed by atoms with van der Waals surface area (Å²) in [5, 5.41) is 30.1. The lowest BCUT2D eigenvalue weighted by atomic mass is 9.87. The molecule has 0 bridgehead atoms. The molecule has 0 unspecified atom stereocenters. The Morgan fingerprint density at radius 3 is 2.58 bits per heavy atom. The van der Waals surface area contributed by atoms with Gasteiger partial charge in [-0.1, -0.05) is 44.2 Å². The van der Waals surface area contributed by atoms with Crippen LogP contribution >= 0.6 is 0 Å². The Morgan fingerprint density at radius 1 is 1.10 bits per heavy atom. The van der Waals surface area contributed by atoms with E-state index in [0.717, 1.165) is 10.5 Å². The third-order valence-electron chi connectivity index (χ3n) is 9.19. The average molecular weight is 690 g/mol. The maximum Gasteiger partial charge on any atom is 0.314 e. The van der Waals surface area contributed by atoms with Crippen LogP contribution in [-0.2, 0) is 25.9 Å². The zero-order valence-corrected chi connectivity index (χ0v) is 28.3. The van der Waals surface area contributed by atoms with Crippen molar-refractivity contribution in [2.24, 2.45) is 11.3 Å². The van der Waals surface area contributed by atoms with Crippen LogP contribution in [0.4, 0.5) is 9.59 Å². The second-order valence-corrected chi connectivity index (χ2v) is 15.1. The fourth-order valence-corrected chi connectivity index (χ4v) is 8.36. The summed E-state index contributed by atoms with van der Waals surface area (Å²) in [5.74, 6) is 0.463. The molecule has 3 N–H and O–H groups in total. The second-order valence-electron chi connectivity index (χ2n) is 13.2. The first-order chi connectivity index (χ1) is 22.9. The highest BCUT2D eigenvalue weighted by molar-refractivity contribution is 7.89. The van der Waals surface area contributed by atoms with E-state index in [1.807, 2.05) is 44.2 Å². The first kappa shape index (κ1) is 35.7. The number of carbonyl (C=O) groups is 2. The molecule has 3 amide bonds. The Bertz CT molecular complexity index is 1530. The maximum absolute atomic E-state index is 14.4. The Morgan fingerprint density at radius 2 is 1.85 bits per heavy atom. The second kappa shape index (κ2) is 15.3. The van der Waals surface area contributed by atoms with E-state index in [1.54, 1.807) is 0 Å². The Hall–Kier alpha value is -3.63. The average Bonchev–Trinajstić information content (AvgIpc) is 3.81.